The molecule has 0 aromatic heterocycles. The van der Waals surface area contributed by atoms with Gasteiger partial charge in [0.25, 0.3) is 11.8 Å². The van der Waals surface area contributed by atoms with Gasteiger partial charge < -0.3 is 14.5 Å². The van der Waals surface area contributed by atoms with E-state index in [1.807, 2.05) is 6.92 Å². The molecule has 1 heterocycles. The molecule has 0 unspecified atom stereocenters. The van der Waals surface area contributed by atoms with Gasteiger partial charge in [0.15, 0.2) is 11.6 Å². The van der Waals surface area contributed by atoms with Gasteiger partial charge in [-0.15, -0.1) is 0 Å². The van der Waals surface area contributed by atoms with Crippen LogP contribution in [0, 0.1) is 11.6 Å². The highest BCUT2D eigenvalue weighted by molar-refractivity contribution is 5.97. The van der Waals surface area contributed by atoms with E-state index in [0.717, 1.165) is 12.1 Å². The van der Waals surface area contributed by atoms with E-state index in [1.165, 1.54) is 11.0 Å². The van der Waals surface area contributed by atoms with Crippen molar-refractivity contribution in [2.45, 2.75) is 6.92 Å². The predicted molar refractivity (Wildman–Crippen MR) is 95.8 cm³/mol. The van der Waals surface area contributed by atoms with Crippen molar-refractivity contribution in [3.05, 3.63) is 65.2 Å². The minimum absolute atomic E-state index is 0.0929. The zero-order valence-electron chi connectivity index (χ0n) is 15.0. The quantitative estimate of drug-likeness (QED) is 0.827. The third kappa shape index (κ3) is 4.07. The fourth-order valence-electron chi connectivity index (χ4n) is 3.02. The zero-order valence-corrected chi connectivity index (χ0v) is 15.0. The zero-order chi connectivity index (χ0) is 19.4. The van der Waals surface area contributed by atoms with Crippen LogP contribution in [-0.2, 0) is 0 Å². The van der Waals surface area contributed by atoms with Crippen LogP contribution < -0.4 is 4.74 Å². The Morgan fingerprint density at radius 3 is 2.19 bits per heavy atom. The molecule has 1 aliphatic heterocycles. The van der Waals surface area contributed by atoms with Gasteiger partial charge in [-0.2, -0.15) is 0 Å². The van der Waals surface area contributed by atoms with Gasteiger partial charge in [-0.25, -0.2) is 8.78 Å². The summed E-state index contributed by atoms with van der Waals surface area (Å²) < 4.78 is 31.9. The molecule has 0 N–H and O–H groups in total. The summed E-state index contributed by atoms with van der Waals surface area (Å²) in [6.07, 6.45) is 0. The van der Waals surface area contributed by atoms with Crippen LogP contribution in [0.4, 0.5) is 8.78 Å². The Hall–Kier alpha value is -2.96. The van der Waals surface area contributed by atoms with Gasteiger partial charge in [-0.05, 0) is 37.3 Å². The highest BCUT2D eigenvalue weighted by atomic mass is 19.2. The fraction of sp³-hybridized carbons (Fsp3) is 0.300. The van der Waals surface area contributed by atoms with Crippen LogP contribution in [0.1, 0.15) is 27.6 Å². The summed E-state index contributed by atoms with van der Waals surface area (Å²) in [5, 5.41) is 0. The minimum Gasteiger partial charge on any atom is -0.493 e. The van der Waals surface area contributed by atoms with Crippen molar-refractivity contribution in [2.24, 2.45) is 0 Å². The number of benzene rings is 2. The first-order valence-electron chi connectivity index (χ1n) is 8.76. The van der Waals surface area contributed by atoms with Crippen LogP contribution in [0.15, 0.2) is 42.5 Å². The molecular formula is C20H20F2N2O3. The van der Waals surface area contributed by atoms with E-state index >= 15 is 0 Å². The van der Waals surface area contributed by atoms with Gasteiger partial charge in [-0.1, -0.05) is 12.1 Å². The second-order valence-corrected chi connectivity index (χ2v) is 6.14. The van der Waals surface area contributed by atoms with Gasteiger partial charge in [0.1, 0.15) is 5.75 Å². The van der Waals surface area contributed by atoms with Gasteiger partial charge in [0.05, 0.1) is 12.2 Å². The van der Waals surface area contributed by atoms with Crippen LogP contribution in [0.5, 0.6) is 5.75 Å². The molecule has 0 spiro atoms. The summed E-state index contributed by atoms with van der Waals surface area (Å²) in [7, 11) is 0. The second-order valence-electron chi connectivity index (χ2n) is 6.14. The fourth-order valence-corrected chi connectivity index (χ4v) is 3.02. The first-order chi connectivity index (χ1) is 13.0. The van der Waals surface area contributed by atoms with Crippen LogP contribution in [0.25, 0.3) is 0 Å². The van der Waals surface area contributed by atoms with Crippen LogP contribution in [0.2, 0.25) is 0 Å². The summed E-state index contributed by atoms with van der Waals surface area (Å²) >= 11 is 0. The molecule has 7 heteroatoms. The maximum Gasteiger partial charge on any atom is 0.257 e. The van der Waals surface area contributed by atoms with E-state index in [4.69, 9.17) is 4.74 Å². The van der Waals surface area contributed by atoms with Gasteiger partial charge in [-0.3, -0.25) is 9.59 Å². The number of para-hydroxylation sites is 1. The van der Waals surface area contributed by atoms with Crippen molar-refractivity contribution in [2.75, 3.05) is 32.8 Å². The summed E-state index contributed by atoms with van der Waals surface area (Å²) in [5.74, 6) is -2.04. The Morgan fingerprint density at radius 1 is 0.926 bits per heavy atom. The van der Waals surface area contributed by atoms with Crippen molar-refractivity contribution in [3.8, 4) is 5.75 Å². The molecule has 2 aromatic carbocycles. The van der Waals surface area contributed by atoms with Crippen molar-refractivity contribution in [3.63, 3.8) is 0 Å². The molecule has 3 rings (SSSR count). The Bertz CT molecular complexity index is 849. The molecule has 27 heavy (non-hydrogen) atoms. The molecule has 0 radical (unpaired) electrons. The summed E-state index contributed by atoms with van der Waals surface area (Å²) in [6, 6.07) is 10.1. The SMILES string of the molecule is CCOc1ccccc1C(=O)N1CCN(C(=O)c2ccc(F)c(F)c2)CC1. The molecule has 2 aromatic rings. The van der Waals surface area contributed by atoms with Crippen LogP contribution in [0.3, 0.4) is 0 Å². The Morgan fingerprint density at radius 2 is 1.56 bits per heavy atom. The topological polar surface area (TPSA) is 49.9 Å². The third-order valence-corrected chi connectivity index (χ3v) is 4.44. The van der Waals surface area contributed by atoms with E-state index in [-0.39, 0.29) is 17.4 Å². The molecule has 0 bridgehead atoms. The number of ether oxygens (including phenoxy) is 1. The second kappa shape index (κ2) is 8.16. The number of amides is 2. The number of nitrogens with zero attached hydrogens (tertiary/aromatic N) is 2. The lowest BCUT2D eigenvalue weighted by atomic mass is 10.1. The molecule has 2 amide bonds. The van der Waals surface area contributed by atoms with Crippen molar-refractivity contribution < 1.29 is 23.1 Å². The summed E-state index contributed by atoms with van der Waals surface area (Å²) in [6.45, 7) is 3.66. The molecule has 142 valence electrons. The van der Waals surface area contributed by atoms with Gasteiger partial charge in [0, 0.05) is 31.7 Å². The lowest BCUT2D eigenvalue weighted by Crippen LogP contribution is -2.50. The number of hydrogen-bond acceptors (Lipinski definition) is 3. The molecule has 0 saturated carbocycles. The van der Waals surface area contributed by atoms with Crippen LogP contribution >= 0.6 is 0 Å². The summed E-state index contributed by atoms with van der Waals surface area (Å²) in [5.41, 5.74) is 0.579. The molecule has 5 nitrogen and oxygen atoms in total. The van der Waals surface area contributed by atoms with Gasteiger partial charge >= 0.3 is 0 Å². The average Bonchev–Trinajstić information content (AvgIpc) is 2.70. The molecule has 1 saturated heterocycles. The molecule has 0 atom stereocenters. The molecular weight excluding hydrogens is 354 g/mol. The Balaban J connectivity index is 1.65. The maximum absolute atomic E-state index is 13.4. The molecule has 0 aliphatic carbocycles. The number of carbonyl (C=O) groups excluding carboxylic acids is 2. The number of piperazine rings is 1. The van der Waals surface area contributed by atoms with E-state index in [0.29, 0.717) is 44.1 Å². The number of hydrogen-bond donors (Lipinski definition) is 0. The first-order valence-corrected chi connectivity index (χ1v) is 8.76. The smallest absolute Gasteiger partial charge is 0.257 e. The van der Waals surface area contributed by atoms with Crippen molar-refractivity contribution in [1.29, 1.82) is 0 Å². The summed E-state index contributed by atoms with van der Waals surface area (Å²) in [4.78, 5) is 28.4. The minimum atomic E-state index is -1.05. The van der Waals surface area contributed by atoms with E-state index in [9.17, 15) is 18.4 Å². The number of halogens is 2. The normalized spacial score (nSPS) is 14.2. The van der Waals surface area contributed by atoms with E-state index < -0.39 is 11.6 Å². The lowest BCUT2D eigenvalue weighted by molar-refractivity contribution is 0.0533. The standard InChI is InChI=1S/C20H20F2N2O3/c1-2-27-18-6-4-3-5-15(18)20(26)24-11-9-23(10-12-24)19(25)14-7-8-16(21)17(22)13-14/h3-8,13H,2,9-12H2,1H3. The number of carbonyl (C=O) groups is 2. The third-order valence-electron chi connectivity index (χ3n) is 4.44. The lowest BCUT2D eigenvalue weighted by Gasteiger charge is -2.35. The van der Waals surface area contributed by atoms with Crippen molar-refractivity contribution >= 4 is 11.8 Å². The largest absolute Gasteiger partial charge is 0.493 e. The highest BCUT2D eigenvalue weighted by Gasteiger charge is 2.27. The Labute approximate surface area is 156 Å². The first kappa shape index (κ1) is 18.8. The predicted octanol–water partition coefficient (Wildman–Crippen LogP) is 2.96. The van der Waals surface area contributed by atoms with E-state index in [1.54, 1.807) is 29.2 Å². The van der Waals surface area contributed by atoms with Gasteiger partial charge in [0.2, 0.25) is 0 Å². The Kier molecular flexibility index (Phi) is 5.69. The molecule has 1 fully saturated rings. The molecule has 1 aliphatic rings. The maximum atomic E-state index is 13.4. The van der Waals surface area contributed by atoms with Crippen molar-refractivity contribution in [1.82, 2.24) is 9.80 Å². The number of rotatable bonds is 4. The highest BCUT2D eigenvalue weighted by Crippen LogP contribution is 2.21. The monoisotopic (exact) mass is 374 g/mol. The average molecular weight is 374 g/mol. The van der Waals surface area contributed by atoms with E-state index in [2.05, 4.69) is 0 Å². The van der Waals surface area contributed by atoms with Crippen LogP contribution in [-0.4, -0.2) is 54.4 Å².